The lowest BCUT2D eigenvalue weighted by Gasteiger charge is -2.07. The second kappa shape index (κ2) is 5.19. The lowest BCUT2D eigenvalue weighted by atomic mass is 10.2. The summed E-state index contributed by atoms with van der Waals surface area (Å²) in [5, 5.41) is 8.93. The maximum absolute atomic E-state index is 11.5. The molecule has 96 valence electrons. The number of hydrogen-bond donors (Lipinski definition) is 4. The molecule has 0 aliphatic carbocycles. The van der Waals surface area contributed by atoms with Gasteiger partial charge in [0.2, 0.25) is 0 Å². The van der Waals surface area contributed by atoms with Gasteiger partial charge in [-0.25, -0.2) is 4.79 Å². The summed E-state index contributed by atoms with van der Waals surface area (Å²) >= 11 is 0. The van der Waals surface area contributed by atoms with E-state index in [-0.39, 0.29) is 11.3 Å². The fourth-order valence-electron chi connectivity index (χ4n) is 1.30. The Kier molecular flexibility index (Phi) is 4.13. The number of H-pyrrole nitrogens is 1. The van der Waals surface area contributed by atoms with Crippen LogP contribution < -0.4 is 9.44 Å². The summed E-state index contributed by atoms with van der Waals surface area (Å²) in [4.78, 5) is 13.6. The van der Waals surface area contributed by atoms with Gasteiger partial charge >= 0.3 is 5.97 Å². The van der Waals surface area contributed by atoms with Gasteiger partial charge in [0.15, 0.2) is 0 Å². The summed E-state index contributed by atoms with van der Waals surface area (Å²) in [6.45, 7) is 3.67. The maximum Gasteiger partial charge on any atom is 0.339 e. The topological polar surface area (TPSA) is 111 Å². The highest BCUT2D eigenvalue weighted by atomic mass is 32.2. The quantitative estimate of drug-likeness (QED) is 0.603. The van der Waals surface area contributed by atoms with E-state index in [2.05, 4.69) is 14.4 Å². The third-order valence-electron chi connectivity index (χ3n) is 2.08. The van der Waals surface area contributed by atoms with E-state index in [0.717, 1.165) is 0 Å². The Bertz CT molecular complexity index is 506. The molecule has 0 radical (unpaired) electrons. The zero-order chi connectivity index (χ0) is 13.1. The van der Waals surface area contributed by atoms with Crippen molar-refractivity contribution < 1.29 is 18.3 Å². The number of carboxylic acid groups (broad SMARTS) is 1. The van der Waals surface area contributed by atoms with Crippen molar-refractivity contribution in [1.82, 2.24) is 9.71 Å². The largest absolute Gasteiger partial charge is 0.478 e. The molecule has 1 heterocycles. The van der Waals surface area contributed by atoms with Crippen LogP contribution in [0.1, 0.15) is 29.4 Å². The highest BCUT2D eigenvalue weighted by molar-refractivity contribution is 7.90. The van der Waals surface area contributed by atoms with Crippen LogP contribution in [0.5, 0.6) is 0 Å². The molecule has 17 heavy (non-hydrogen) atoms. The molecule has 1 rings (SSSR count). The number of hydrogen-bond acceptors (Lipinski definition) is 3. The van der Waals surface area contributed by atoms with Gasteiger partial charge in [-0.15, -0.1) is 0 Å². The SMILES string of the molecule is CCCNS(=O)(=O)Nc1c[nH]c(C)c1C(=O)O. The van der Waals surface area contributed by atoms with Crippen LogP contribution in [0.2, 0.25) is 0 Å². The Labute approximate surface area is 99.4 Å². The van der Waals surface area contributed by atoms with Gasteiger partial charge in [-0.3, -0.25) is 4.72 Å². The molecule has 0 saturated heterocycles. The third kappa shape index (κ3) is 3.46. The maximum atomic E-state index is 11.5. The number of carboxylic acids is 1. The van der Waals surface area contributed by atoms with E-state index in [0.29, 0.717) is 18.7 Å². The monoisotopic (exact) mass is 261 g/mol. The van der Waals surface area contributed by atoms with E-state index < -0.39 is 16.2 Å². The summed E-state index contributed by atoms with van der Waals surface area (Å²) in [5.74, 6) is -1.18. The minimum absolute atomic E-state index is 0.0265. The van der Waals surface area contributed by atoms with Gasteiger partial charge in [-0.1, -0.05) is 6.92 Å². The summed E-state index contributed by atoms with van der Waals surface area (Å²) < 4.78 is 27.5. The standard InChI is InChI=1S/C9H15N3O4S/c1-3-4-11-17(15,16)12-7-5-10-6(2)8(7)9(13)14/h5,10-12H,3-4H2,1-2H3,(H,13,14). The number of nitrogens with one attached hydrogen (secondary N) is 3. The fourth-order valence-corrected chi connectivity index (χ4v) is 2.30. The first-order valence-corrected chi connectivity index (χ1v) is 6.54. The first-order chi connectivity index (χ1) is 7.87. The zero-order valence-corrected chi connectivity index (χ0v) is 10.4. The van der Waals surface area contributed by atoms with E-state index in [1.165, 1.54) is 6.20 Å². The molecule has 0 aliphatic rings. The van der Waals surface area contributed by atoms with E-state index >= 15 is 0 Å². The van der Waals surface area contributed by atoms with Gasteiger partial charge < -0.3 is 10.1 Å². The van der Waals surface area contributed by atoms with E-state index in [4.69, 9.17) is 5.11 Å². The molecule has 0 amide bonds. The zero-order valence-electron chi connectivity index (χ0n) is 9.57. The van der Waals surface area contributed by atoms with Crippen LogP contribution in [0.3, 0.4) is 0 Å². The van der Waals surface area contributed by atoms with Crippen molar-refractivity contribution in [3.05, 3.63) is 17.5 Å². The summed E-state index contributed by atoms with van der Waals surface area (Å²) in [6, 6.07) is 0. The minimum Gasteiger partial charge on any atom is -0.478 e. The van der Waals surface area contributed by atoms with E-state index in [1.54, 1.807) is 6.92 Å². The lowest BCUT2D eigenvalue weighted by molar-refractivity contribution is 0.0697. The molecule has 0 spiro atoms. The minimum atomic E-state index is -3.72. The number of carbonyl (C=O) groups is 1. The average Bonchev–Trinajstić information content (AvgIpc) is 2.56. The highest BCUT2D eigenvalue weighted by Gasteiger charge is 2.19. The molecule has 1 aromatic heterocycles. The van der Waals surface area contributed by atoms with Gasteiger partial charge in [0.25, 0.3) is 10.2 Å². The first kappa shape index (κ1) is 13.5. The van der Waals surface area contributed by atoms with Crippen LogP contribution in [-0.4, -0.2) is 31.0 Å². The van der Waals surface area contributed by atoms with Crippen molar-refractivity contribution in [1.29, 1.82) is 0 Å². The van der Waals surface area contributed by atoms with Gasteiger partial charge in [-0.05, 0) is 13.3 Å². The summed E-state index contributed by atoms with van der Waals surface area (Å²) in [5.41, 5.74) is 0.344. The second-order valence-electron chi connectivity index (χ2n) is 3.51. The number of aryl methyl sites for hydroxylation is 1. The molecular formula is C9H15N3O4S. The Hall–Kier alpha value is -1.54. The van der Waals surface area contributed by atoms with Crippen LogP contribution in [0, 0.1) is 6.92 Å². The molecule has 0 bridgehead atoms. The van der Waals surface area contributed by atoms with Crippen molar-refractivity contribution in [2.24, 2.45) is 0 Å². The van der Waals surface area contributed by atoms with Gasteiger partial charge in [0.05, 0.1) is 5.69 Å². The Morgan fingerprint density at radius 1 is 1.53 bits per heavy atom. The predicted octanol–water partition coefficient (Wildman–Crippen LogP) is 0.678. The molecule has 4 N–H and O–H groups in total. The average molecular weight is 261 g/mol. The Morgan fingerprint density at radius 2 is 2.18 bits per heavy atom. The van der Waals surface area contributed by atoms with Crippen molar-refractivity contribution in [3.63, 3.8) is 0 Å². The molecule has 0 saturated carbocycles. The Balaban J connectivity index is 2.92. The first-order valence-electron chi connectivity index (χ1n) is 5.06. The Morgan fingerprint density at radius 3 is 2.71 bits per heavy atom. The molecule has 0 fully saturated rings. The molecular weight excluding hydrogens is 246 g/mol. The lowest BCUT2D eigenvalue weighted by Crippen LogP contribution is -2.31. The summed E-state index contributed by atoms with van der Waals surface area (Å²) in [7, 11) is -3.72. The molecule has 1 aromatic rings. The fraction of sp³-hybridized carbons (Fsp3) is 0.444. The number of anilines is 1. The van der Waals surface area contributed by atoms with Crippen LogP contribution in [-0.2, 0) is 10.2 Å². The van der Waals surface area contributed by atoms with Gasteiger partial charge in [-0.2, -0.15) is 13.1 Å². The number of aromatic amines is 1. The molecule has 0 unspecified atom stereocenters. The van der Waals surface area contributed by atoms with Crippen LogP contribution in [0.4, 0.5) is 5.69 Å². The van der Waals surface area contributed by atoms with Crippen molar-refractivity contribution >= 4 is 21.9 Å². The van der Waals surface area contributed by atoms with Gasteiger partial charge in [0.1, 0.15) is 5.56 Å². The number of aromatic nitrogens is 1. The van der Waals surface area contributed by atoms with Gasteiger partial charge in [0, 0.05) is 18.4 Å². The van der Waals surface area contributed by atoms with Crippen molar-refractivity contribution in [2.45, 2.75) is 20.3 Å². The molecule has 0 atom stereocenters. The van der Waals surface area contributed by atoms with Crippen molar-refractivity contribution in [3.8, 4) is 0 Å². The molecule has 8 heteroatoms. The predicted molar refractivity (Wildman–Crippen MR) is 63.3 cm³/mol. The second-order valence-corrected chi connectivity index (χ2v) is 5.01. The molecule has 0 aliphatic heterocycles. The smallest absolute Gasteiger partial charge is 0.339 e. The van der Waals surface area contributed by atoms with Crippen LogP contribution in [0.25, 0.3) is 0 Å². The van der Waals surface area contributed by atoms with Crippen LogP contribution in [0.15, 0.2) is 6.20 Å². The summed E-state index contributed by atoms with van der Waals surface area (Å²) in [6.07, 6.45) is 1.96. The third-order valence-corrected chi connectivity index (χ3v) is 3.15. The van der Waals surface area contributed by atoms with E-state index in [1.807, 2.05) is 6.92 Å². The van der Waals surface area contributed by atoms with E-state index in [9.17, 15) is 13.2 Å². The molecule has 7 nitrogen and oxygen atoms in total. The molecule has 0 aromatic carbocycles. The van der Waals surface area contributed by atoms with Crippen molar-refractivity contribution in [2.75, 3.05) is 11.3 Å². The highest BCUT2D eigenvalue weighted by Crippen LogP contribution is 2.19. The van der Waals surface area contributed by atoms with Crippen LogP contribution >= 0.6 is 0 Å². The number of aromatic carboxylic acids is 1. The number of rotatable bonds is 6. The normalized spacial score (nSPS) is 11.4.